The van der Waals surface area contributed by atoms with E-state index in [2.05, 4.69) is 22.8 Å². The minimum Gasteiger partial charge on any atom is -0.355 e. The first kappa shape index (κ1) is 26.1. The number of piperazine rings is 1. The number of thioether (sulfide) groups is 1. The number of likely N-dealkylation sites (N-methyl/N-ethyl adjacent to an activating group) is 1. The topological polar surface area (TPSA) is 72.6 Å². The van der Waals surface area contributed by atoms with Crippen LogP contribution in [0.3, 0.4) is 0 Å². The lowest BCUT2D eigenvalue weighted by Crippen LogP contribution is -2.48. The van der Waals surface area contributed by atoms with Crippen LogP contribution < -0.4 is 10.5 Å². The number of pyridine rings is 1. The van der Waals surface area contributed by atoms with Crippen LogP contribution in [0.4, 0.5) is 5.82 Å². The molecular weight excluding hydrogens is 490 g/mol. The number of nitrogens with zero attached hydrogens (tertiary/aromatic N) is 5. The summed E-state index contributed by atoms with van der Waals surface area (Å²) >= 11 is 6.84. The summed E-state index contributed by atoms with van der Waals surface area (Å²) in [6.45, 7) is 13.0. The van der Waals surface area contributed by atoms with E-state index < -0.39 is 0 Å². The van der Waals surface area contributed by atoms with Crippen molar-refractivity contribution in [1.82, 2.24) is 14.4 Å². The highest BCUT2D eigenvalue weighted by Gasteiger charge is 2.33. The third-order valence-corrected chi connectivity index (χ3v) is 8.27. The van der Waals surface area contributed by atoms with Crippen LogP contribution >= 0.6 is 24.0 Å². The molecule has 1 aromatic carbocycles. The summed E-state index contributed by atoms with van der Waals surface area (Å²) in [4.78, 5) is 33.4. The molecule has 0 aliphatic carbocycles. The highest BCUT2D eigenvalue weighted by molar-refractivity contribution is 8.26. The molecule has 2 aromatic rings. The molecule has 0 unspecified atom stereocenters. The van der Waals surface area contributed by atoms with Crippen LogP contribution in [0.1, 0.15) is 41.7 Å². The molecule has 0 bridgehead atoms. The van der Waals surface area contributed by atoms with Crippen molar-refractivity contribution in [2.75, 3.05) is 37.6 Å². The first-order chi connectivity index (χ1) is 17.3. The van der Waals surface area contributed by atoms with E-state index in [1.165, 1.54) is 11.8 Å². The molecule has 0 radical (unpaired) electrons. The van der Waals surface area contributed by atoms with Gasteiger partial charge in [0.05, 0.1) is 11.4 Å². The number of hydrogen-bond acceptors (Lipinski definition) is 7. The SMILES string of the molecule is CCN1CCN(c2c(C=C3SC(=S)N(Cc4ccc(C)cc4)C3=O)c(C)c(C#N)c(=O)n2CC)CC1. The molecule has 0 atom stereocenters. The van der Waals surface area contributed by atoms with Crippen molar-refractivity contribution < 1.29 is 4.79 Å². The van der Waals surface area contributed by atoms with Crippen molar-refractivity contribution >= 4 is 46.1 Å². The molecule has 1 amide bonds. The Morgan fingerprint density at radius 2 is 1.72 bits per heavy atom. The van der Waals surface area contributed by atoms with E-state index in [-0.39, 0.29) is 17.0 Å². The zero-order valence-electron chi connectivity index (χ0n) is 21.2. The molecule has 36 heavy (non-hydrogen) atoms. The largest absolute Gasteiger partial charge is 0.355 e. The van der Waals surface area contributed by atoms with Gasteiger partial charge in [0.2, 0.25) is 0 Å². The van der Waals surface area contributed by atoms with E-state index in [1.807, 2.05) is 44.2 Å². The number of rotatable bonds is 6. The molecule has 0 N–H and O–H groups in total. The van der Waals surface area contributed by atoms with Gasteiger partial charge in [-0.1, -0.05) is 60.7 Å². The maximum absolute atomic E-state index is 13.4. The molecule has 2 aliphatic rings. The van der Waals surface area contributed by atoms with Crippen molar-refractivity contribution in [1.29, 1.82) is 5.26 Å². The summed E-state index contributed by atoms with van der Waals surface area (Å²) < 4.78 is 2.18. The highest BCUT2D eigenvalue weighted by Crippen LogP contribution is 2.36. The van der Waals surface area contributed by atoms with Crippen molar-refractivity contribution in [3.63, 3.8) is 0 Å². The van der Waals surface area contributed by atoms with Crippen LogP contribution in [0.2, 0.25) is 0 Å². The van der Waals surface area contributed by atoms with Gasteiger partial charge in [0.15, 0.2) is 0 Å². The van der Waals surface area contributed by atoms with Crippen LogP contribution in [0, 0.1) is 25.2 Å². The zero-order chi connectivity index (χ0) is 26.0. The van der Waals surface area contributed by atoms with E-state index >= 15 is 0 Å². The predicted molar refractivity (Wildman–Crippen MR) is 150 cm³/mol. The molecule has 0 saturated carbocycles. The Labute approximate surface area is 222 Å². The van der Waals surface area contributed by atoms with E-state index in [1.54, 1.807) is 16.4 Å². The van der Waals surface area contributed by atoms with Gasteiger partial charge in [0.1, 0.15) is 21.8 Å². The second-order valence-corrected chi connectivity index (χ2v) is 10.7. The minimum absolute atomic E-state index is 0.120. The smallest absolute Gasteiger partial charge is 0.270 e. The molecular formula is C27H31N5O2S2. The Morgan fingerprint density at radius 3 is 2.31 bits per heavy atom. The number of hydrogen-bond donors (Lipinski definition) is 0. The Bertz CT molecular complexity index is 1320. The second kappa shape index (κ2) is 11.0. The summed E-state index contributed by atoms with van der Waals surface area (Å²) in [5.74, 6) is 0.623. The summed E-state index contributed by atoms with van der Waals surface area (Å²) in [6, 6.07) is 10.2. The average molecular weight is 522 g/mol. The van der Waals surface area contributed by atoms with Crippen LogP contribution in [-0.4, -0.2) is 57.3 Å². The summed E-state index contributed by atoms with van der Waals surface area (Å²) in [5.41, 5.74) is 3.35. The molecule has 2 fully saturated rings. The molecule has 2 saturated heterocycles. The summed E-state index contributed by atoms with van der Waals surface area (Å²) in [7, 11) is 0. The first-order valence-corrected chi connectivity index (χ1v) is 13.5. The quantitative estimate of drug-likeness (QED) is 0.422. The molecule has 1 aromatic heterocycles. The second-order valence-electron chi connectivity index (χ2n) is 9.07. The lowest BCUT2D eigenvalue weighted by Gasteiger charge is -2.37. The van der Waals surface area contributed by atoms with E-state index in [9.17, 15) is 14.9 Å². The maximum atomic E-state index is 13.4. The third-order valence-electron chi connectivity index (χ3n) is 6.89. The van der Waals surface area contributed by atoms with Gasteiger partial charge in [-0.25, -0.2) is 0 Å². The van der Waals surface area contributed by atoms with Crippen LogP contribution in [0.15, 0.2) is 34.0 Å². The van der Waals surface area contributed by atoms with Gasteiger partial charge in [-0.3, -0.25) is 19.1 Å². The number of carbonyl (C=O) groups is 1. The van der Waals surface area contributed by atoms with E-state index in [0.29, 0.717) is 27.9 Å². The van der Waals surface area contributed by atoms with Gasteiger partial charge in [-0.15, -0.1) is 0 Å². The van der Waals surface area contributed by atoms with Gasteiger partial charge >= 0.3 is 0 Å². The van der Waals surface area contributed by atoms with Crippen LogP contribution in [0.5, 0.6) is 0 Å². The fourth-order valence-electron chi connectivity index (χ4n) is 4.70. The Morgan fingerprint density at radius 1 is 1.06 bits per heavy atom. The normalized spacial score (nSPS) is 17.8. The van der Waals surface area contributed by atoms with Gasteiger partial charge in [-0.05, 0) is 44.5 Å². The van der Waals surface area contributed by atoms with Gasteiger partial charge in [0.25, 0.3) is 11.5 Å². The van der Waals surface area contributed by atoms with Crippen molar-refractivity contribution in [2.24, 2.45) is 0 Å². The molecule has 3 heterocycles. The maximum Gasteiger partial charge on any atom is 0.270 e. The Hall–Kier alpha value is -2.93. The van der Waals surface area contributed by atoms with Crippen LogP contribution in [0.25, 0.3) is 6.08 Å². The minimum atomic E-state index is -0.283. The Kier molecular flexibility index (Phi) is 7.98. The number of nitriles is 1. The summed E-state index contributed by atoms with van der Waals surface area (Å²) in [6.07, 6.45) is 1.83. The van der Waals surface area contributed by atoms with Crippen molar-refractivity contribution in [2.45, 2.75) is 40.8 Å². The van der Waals surface area contributed by atoms with E-state index in [4.69, 9.17) is 12.2 Å². The lowest BCUT2D eigenvalue weighted by molar-refractivity contribution is -0.122. The molecule has 2 aliphatic heterocycles. The number of amides is 1. The molecule has 0 spiro atoms. The number of aryl methyl sites for hydroxylation is 1. The fourth-order valence-corrected chi connectivity index (χ4v) is 5.93. The average Bonchev–Trinajstić information content (AvgIpc) is 3.14. The number of aromatic nitrogens is 1. The van der Waals surface area contributed by atoms with Gasteiger partial charge < -0.3 is 9.80 Å². The lowest BCUT2D eigenvalue weighted by atomic mass is 10.0. The molecule has 4 rings (SSSR count). The van der Waals surface area contributed by atoms with Gasteiger partial charge in [-0.2, -0.15) is 5.26 Å². The fraction of sp³-hybridized carbons (Fsp3) is 0.407. The van der Waals surface area contributed by atoms with Crippen molar-refractivity contribution in [3.8, 4) is 6.07 Å². The molecule has 7 nitrogen and oxygen atoms in total. The summed E-state index contributed by atoms with van der Waals surface area (Å²) in [5, 5.41) is 9.79. The van der Waals surface area contributed by atoms with Gasteiger partial charge in [0, 0.05) is 38.3 Å². The zero-order valence-corrected chi connectivity index (χ0v) is 22.8. The first-order valence-electron chi connectivity index (χ1n) is 12.2. The standard InChI is InChI=1S/C27H31N5O2S2/c1-5-29-11-13-30(14-12-29)24-21(19(4)22(16-28)25(33)31(24)6-2)15-23-26(34)32(27(35)36-23)17-20-9-7-18(3)8-10-20/h7-10,15H,5-6,11-14,17H2,1-4H3. The van der Waals surface area contributed by atoms with Crippen LogP contribution in [-0.2, 0) is 17.9 Å². The third kappa shape index (κ3) is 4.99. The predicted octanol–water partition coefficient (Wildman–Crippen LogP) is 3.90. The number of benzene rings is 1. The van der Waals surface area contributed by atoms with Crippen molar-refractivity contribution in [3.05, 3.63) is 67.3 Å². The monoisotopic (exact) mass is 521 g/mol. The number of thiocarbonyl (C=S) groups is 1. The number of carbonyl (C=O) groups excluding carboxylic acids is 1. The Balaban J connectivity index is 1.77. The molecule has 188 valence electrons. The van der Waals surface area contributed by atoms with E-state index in [0.717, 1.165) is 55.2 Å². The number of anilines is 1. The highest BCUT2D eigenvalue weighted by atomic mass is 32.2. The molecule has 9 heteroatoms.